The molecule has 1 fully saturated rings. The Morgan fingerprint density at radius 3 is 2.69 bits per heavy atom. The molecular formula is C11H13N5. The summed E-state index contributed by atoms with van der Waals surface area (Å²) in [6.45, 7) is 0. The van der Waals surface area contributed by atoms with Gasteiger partial charge >= 0.3 is 0 Å². The third kappa shape index (κ3) is 1.50. The molecule has 4 N–H and O–H groups in total. The van der Waals surface area contributed by atoms with Gasteiger partial charge in [-0.1, -0.05) is 0 Å². The average molecular weight is 215 g/mol. The summed E-state index contributed by atoms with van der Waals surface area (Å²) in [5, 5.41) is 4.47. The van der Waals surface area contributed by atoms with Gasteiger partial charge < -0.3 is 11.5 Å². The van der Waals surface area contributed by atoms with Crippen LogP contribution in [-0.2, 0) is 0 Å². The van der Waals surface area contributed by atoms with E-state index in [1.54, 1.807) is 10.7 Å². The van der Waals surface area contributed by atoms with Crippen LogP contribution in [-0.4, -0.2) is 14.8 Å². The van der Waals surface area contributed by atoms with Crippen molar-refractivity contribution < 1.29 is 0 Å². The van der Waals surface area contributed by atoms with E-state index in [0.717, 1.165) is 5.69 Å². The van der Waals surface area contributed by atoms with Gasteiger partial charge in [-0.3, -0.25) is 0 Å². The lowest BCUT2D eigenvalue weighted by molar-refractivity contribution is 0.814. The normalized spacial score (nSPS) is 15.2. The van der Waals surface area contributed by atoms with Crippen LogP contribution in [0.25, 0.3) is 5.82 Å². The van der Waals surface area contributed by atoms with E-state index in [2.05, 4.69) is 10.1 Å². The molecule has 0 saturated heterocycles. The van der Waals surface area contributed by atoms with E-state index in [1.807, 2.05) is 18.3 Å². The Balaban J connectivity index is 1.97. The number of nitrogens with zero attached hydrogens (tertiary/aromatic N) is 3. The van der Waals surface area contributed by atoms with Gasteiger partial charge in [0.05, 0.1) is 11.4 Å². The van der Waals surface area contributed by atoms with E-state index >= 15 is 0 Å². The van der Waals surface area contributed by atoms with Crippen LogP contribution in [0.4, 0.5) is 11.5 Å². The van der Waals surface area contributed by atoms with Gasteiger partial charge in [0.15, 0.2) is 5.82 Å². The molecule has 0 unspecified atom stereocenters. The van der Waals surface area contributed by atoms with Gasteiger partial charge in [-0.25, -0.2) is 9.67 Å². The van der Waals surface area contributed by atoms with Crippen molar-refractivity contribution in [3.05, 3.63) is 30.1 Å². The van der Waals surface area contributed by atoms with Crippen LogP contribution < -0.4 is 11.5 Å². The van der Waals surface area contributed by atoms with Gasteiger partial charge in [0.2, 0.25) is 0 Å². The van der Waals surface area contributed by atoms with Gasteiger partial charge in [-0.15, -0.1) is 0 Å². The maximum Gasteiger partial charge on any atom is 0.155 e. The number of nitrogens with two attached hydrogens (primary N) is 2. The van der Waals surface area contributed by atoms with E-state index in [4.69, 9.17) is 11.5 Å². The van der Waals surface area contributed by atoms with E-state index in [1.165, 1.54) is 12.8 Å². The molecule has 1 aliphatic carbocycles. The summed E-state index contributed by atoms with van der Waals surface area (Å²) in [6.07, 6.45) is 4.40. The first kappa shape index (κ1) is 9.21. The fourth-order valence-corrected chi connectivity index (χ4v) is 1.66. The molecule has 3 rings (SSSR count). The first-order valence-electron chi connectivity index (χ1n) is 5.32. The highest BCUT2D eigenvalue weighted by molar-refractivity contribution is 5.59. The highest BCUT2D eigenvalue weighted by atomic mass is 15.3. The van der Waals surface area contributed by atoms with Crippen LogP contribution in [0.1, 0.15) is 24.5 Å². The van der Waals surface area contributed by atoms with Gasteiger partial charge in [0.25, 0.3) is 0 Å². The first-order valence-corrected chi connectivity index (χ1v) is 5.32. The van der Waals surface area contributed by atoms with Gasteiger partial charge in [-0.05, 0) is 31.0 Å². The van der Waals surface area contributed by atoms with E-state index in [-0.39, 0.29) is 0 Å². The minimum atomic E-state index is 0.348. The second-order valence-corrected chi connectivity index (χ2v) is 4.10. The maximum atomic E-state index is 5.66. The largest absolute Gasteiger partial charge is 0.396 e. The van der Waals surface area contributed by atoms with Crippen molar-refractivity contribution in [3.63, 3.8) is 0 Å². The predicted octanol–water partition coefficient (Wildman–Crippen LogP) is 1.31. The zero-order valence-corrected chi connectivity index (χ0v) is 8.80. The molecule has 2 heterocycles. The predicted molar refractivity (Wildman–Crippen MR) is 62.2 cm³/mol. The molecule has 5 nitrogen and oxygen atoms in total. The molecule has 5 heteroatoms. The highest BCUT2D eigenvalue weighted by Gasteiger charge is 2.25. The van der Waals surface area contributed by atoms with E-state index in [0.29, 0.717) is 23.2 Å². The molecule has 0 amide bonds. The lowest BCUT2D eigenvalue weighted by atomic mass is 10.3. The molecule has 0 radical (unpaired) electrons. The van der Waals surface area contributed by atoms with Crippen molar-refractivity contribution >= 4 is 11.5 Å². The lowest BCUT2D eigenvalue weighted by Gasteiger charge is -2.03. The van der Waals surface area contributed by atoms with Crippen molar-refractivity contribution in [3.8, 4) is 5.82 Å². The van der Waals surface area contributed by atoms with Crippen molar-refractivity contribution in [2.45, 2.75) is 18.8 Å². The summed E-state index contributed by atoms with van der Waals surface area (Å²) >= 11 is 0. The summed E-state index contributed by atoms with van der Waals surface area (Å²) in [6, 6.07) is 5.59. The number of anilines is 2. The number of nitrogen functional groups attached to an aromatic ring is 2. The molecular weight excluding hydrogens is 202 g/mol. The van der Waals surface area contributed by atoms with Crippen LogP contribution in [0, 0.1) is 0 Å². The standard InChI is InChI=1S/C11H13N5/c12-8-3-4-10(14-11(8)13)16-6-5-9(15-16)7-1-2-7/h3-7H,1-2,12H2,(H2,13,14). The third-order valence-corrected chi connectivity index (χ3v) is 2.78. The highest BCUT2D eigenvalue weighted by Crippen LogP contribution is 2.38. The van der Waals surface area contributed by atoms with Gasteiger partial charge in [-0.2, -0.15) is 5.10 Å². The van der Waals surface area contributed by atoms with Crippen molar-refractivity contribution in [1.82, 2.24) is 14.8 Å². The monoisotopic (exact) mass is 215 g/mol. The Labute approximate surface area is 93.1 Å². The van der Waals surface area contributed by atoms with Crippen LogP contribution >= 0.6 is 0 Å². The Morgan fingerprint density at radius 2 is 2.00 bits per heavy atom. The molecule has 0 bridgehead atoms. The summed E-state index contributed by atoms with van der Waals surface area (Å²) in [4.78, 5) is 4.19. The van der Waals surface area contributed by atoms with Gasteiger partial charge in [0.1, 0.15) is 5.82 Å². The zero-order valence-electron chi connectivity index (χ0n) is 8.80. The molecule has 1 saturated carbocycles. The molecule has 16 heavy (non-hydrogen) atoms. The van der Waals surface area contributed by atoms with Crippen LogP contribution in [0.5, 0.6) is 0 Å². The second-order valence-electron chi connectivity index (χ2n) is 4.10. The zero-order chi connectivity index (χ0) is 11.1. The van der Waals surface area contributed by atoms with Crippen LogP contribution in [0.2, 0.25) is 0 Å². The van der Waals surface area contributed by atoms with Crippen molar-refractivity contribution in [2.24, 2.45) is 0 Å². The Hall–Kier alpha value is -2.04. The molecule has 1 aliphatic rings. The third-order valence-electron chi connectivity index (χ3n) is 2.78. The van der Waals surface area contributed by atoms with Crippen LogP contribution in [0.3, 0.4) is 0 Å². The number of aromatic nitrogens is 3. The average Bonchev–Trinajstić information content (AvgIpc) is 3.01. The lowest BCUT2D eigenvalue weighted by Crippen LogP contribution is -2.04. The SMILES string of the molecule is Nc1ccc(-n2ccc(C3CC3)n2)nc1N. The maximum absolute atomic E-state index is 5.66. The summed E-state index contributed by atoms with van der Waals surface area (Å²) in [5.41, 5.74) is 12.9. The fraction of sp³-hybridized carbons (Fsp3) is 0.273. The molecule has 0 spiro atoms. The Kier molecular flexibility index (Phi) is 1.86. The molecule has 0 aliphatic heterocycles. The second kappa shape index (κ2) is 3.23. The van der Waals surface area contributed by atoms with E-state index in [9.17, 15) is 0 Å². The minimum Gasteiger partial charge on any atom is -0.396 e. The Morgan fingerprint density at radius 1 is 1.19 bits per heavy atom. The first-order chi connectivity index (χ1) is 7.74. The van der Waals surface area contributed by atoms with E-state index < -0.39 is 0 Å². The van der Waals surface area contributed by atoms with Crippen molar-refractivity contribution in [2.75, 3.05) is 11.5 Å². The van der Waals surface area contributed by atoms with Gasteiger partial charge in [0, 0.05) is 12.1 Å². The number of pyridine rings is 1. The molecule has 0 aromatic carbocycles. The summed E-state index contributed by atoms with van der Waals surface area (Å²) in [7, 11) is 0. The summed E-state index contributed by atoms with van der Waals surface area (Å²) in [5.74, 6) is 1.70. The fourth-order valence-electron chi connectivity index (χ4n) is 1.66. The summed E-state index contributed by atoms with van der Waals surface area (Å²) < 4.78 is 1.74. The smallest absolute Gasteiger partial charge is 0.155 e. The topological polar surface area (TPSA) is 82.8 Å². The molecule has 2 aromatic heterocycles. The number of hydrogen-bond donors (Lipinski definition) is 2. The molecule has 82 valence electrons. The molecule has 2 aromatic rings. The minimum absolute atomic E-state index is 0.348. The number of rotatable bonds is 2. The molecule has 0 atom stereocenters. The Bertz CT molecular complexity index is 527. The van der Waals surface area contributed by atoms with Crippen LogP contribution in [0.15, 0.2) is 24.4 Å². The quantitative estimate of drug-likeness (QED) is 0.791. The number of hydrogen-bond acceptors (Lipinski definition) is 4. The van der Waals surface area contributed by atoms with Crippen molar-refractivity contribution in [1.29, 1.82) is 0 Å².